The molecule has 0 saturated heterocycles. The summed E-state index contributed by atoms with van der Waals surface area (Å²) < 4.78 is 116. The van der Waals surface area contributed by atoms with Crippen molar-refractivity contribution in [2.24, 2.45) is 0 Å². The maximum atomic E-state index is 12.5. The molecule has 0 unspecified atom stereocenters. The second-order valence-electron chi connectivity index (χ2n) is 4.11. The first-order chi connectivity index (χ1) is 14.1. The van der Waals surface area contributed by atoms with Crippen LogP contribution in [-0.4, -0.2) is 45.8 Å². The number of aromatic nitrogens is 1. The van der Waals surface area contributed by atoms with Crippen molar-refractivity contribution < 1.29 is 24.9 Å². The normalized spacial score (nSPS) is 24.1. The molecule has 1 aromatic carbocycles. The topological polar surface area (TPSA) is 65.2 Å². The van der Waals surface area contributed by atoms with Crippen molar-refractivity contribution in [2.75, 3.05) is 27.5 Å². The van der Waals surface area contributed by atoms with E-state index < -0.39 is 52.9 Å². The number of aromatic amines is 1. The molecule has 20 heavy (non-hydrogen) atoms. The van der Waals surface area contributed by atoms with Crippen LogP contribution in [0, 0.1) is 0 Å². The number of nitrogens with one attached hydrogen (secondary N) is 2. The predicted molar refractivity (Wildman–Crippen MR) is 82.2 cm³/mol. The van der Waals surface area contributed by atoms with E-state index in [-0.39, 0.29) is 16.5 Å². The molecule has 0 aliphatic rings. The number of benzene rings is 1. The van der Waals surface area contributed by atoms with Crippen LogP contribution in [0.2, 0.25) is 2.82 Å². The van der Waals surface area contributed by atoms with Crippen molar-refractivity contribution in [1.29, 1.82) is 0 Å². The lowest BCUT2D eigenvalue weighted by Crippen LogP contribution is -2.20. The Hall–Kier alpha value is -1.37. The number of nitrogens with zero attached hydrogens (tertiary/aromatic N) is 1. The molecular weight excluding hydrogens is 274 g/mol. The third-order valence-electron chi connectivity index (χ3n) is 2.49. The Morgan fingerprint density at radius 1 is 1.60 bits per heavy atom. The first kappa shape index (κ1) is 5.79. The molecule has 0 bridgehead atoms. The lowest BCUT2D eigenvalue weighted by molar-refractivity contribution is 0.414. The third-order valence-corrected chi connectivity index (χ3v) is 3.23. The van der Waals surface area contributed by atoms with Crippen LogP contribution in [-0.2, 0) is 22.1 Å². The van der Waals surface area contributed by atoms with Gasteiger partial charge in [-0.05, 0) is 50.6 Å². The number of fused-ring (bicyclic) bond motifs is 1. The van der Waals surface area contributed by atoms with Gasteiger partial charge >= 0.3 is 0 Å². The molecule has 6 heteroatoms. The minimum Gasteiger partial charge on any atom is -0.361 e. The van der Waals surface area contributed by atoms with Crippen LogP contribution >= 0.6 is 0 Å². The van der Waals surface area contributed by atoms with Crippen molar-refractivity contribution in [1.82, 2.24) is 14.6 Å². The largest absolute Gasteiger partial charge is 0.361 e. The van der Waals surface area contributed by atoms with Crippen molar-refractivity contribution >= 4 is 20.9 Å². The highest BCUT2D eigenvalue weighted by atomic mass is 32.2. The van der Waals surface area contributed by atoms with Gasteiger partial charge in [0.05, 0.1) is 5.70 Å². The van der Waals surface area contributed by atoms with E-state index in [0.29, 0.717) is 0 Å². The first-order valence-electron chi connectivity index (χ1n) is 11.4. The van der Waals surface area contributed by atoms with Gasteiger partial charge in [0, 0.05) is 37.4 Å². The van der Waals surface area contributed by atoms with Gasteiger partial charge in [-0.1, -0.05) is 6.07 Å². The lowest BCUT2D eigenvalue weighted by Gasteiger charge is -2.08. The highest BCUT2D eigenvalue weighted by molar-refractivity contribution is 7.88. The number of hydrogen-bond donors (Lipinski definition) is 2. The Labute approximate surface area is 137 Å². The fourth-order valence-electron chi connectivity index (χ4n) is 1.65. The van der Waals surface area contributed by atoms with E-state index >= 15 is 0 Å². The number of likely N-dealkylation sites (N-methyl/N-ethyl adjacent to an activating group) is 1. The van der Waals surface area contributed by atoms with Crippen LogP contribution in [0.3, 0.4) is 0 Å². The van der Waals surface area contributed by atoms with Gasteiger partial charge in [0.25, 0.3) is 0 Å². The first-order valence-corrected chi connectivity index (χ1v) is 6.98. The summed E-state index contributed by atoms with van der Waals surface area (Å²) in [5, 5.41) is -0.0640. The molecule has 1 heterocycles. The summed E-state index contributed by atoms with van der Waals surface area (Å²) in [6, 6.07) is 3.10. The Balaban J connectivity index is 2.65. The minimum atomic E-state index is -5.36. The molecule has 0 saturated carbocycles. The number of H-pyrrole nitrogens is 1. The molecule has 0 spiro atoms. The zero-order chi connectivity index (χ0) is 25.1. The average Bonchev–Trinajstić information content (AvgIpc) is 2.96. The van der Waals surface area contributed by atoms with E-state index in [1.54, 1.807) is 0 Å². The van der Waals surface area contributed by atoms with Crippen LogP contribution in [0.5, 0.6) is 0 Å². The molecule has 110 valence electrons. The summed E-state index contributed by atoms with van der Waals surface area (Å²) in [5.74, 6) is 0. The van der Waals surface area contributed by atoms with Crippen molar-refractivity contribution in [3.05, 3.63) is 35.5 Å². The monoisotopic (exact) mass is 307 g/mol. The number of hydrogen-bond acceptors (Lipinski definition) is 3. The summed E-state index contributed by atoms with van der Waals surface area (Å²) in [6.07, 6.45) is -1.27. The van der Waals surface area contributed by atoms with E-state index in [2.05, 4.69) is 0 Å². The number of rotatable bonds is 6. The maximum Gasteiger partial charge on any atom is 0.215 e. The van der Waals surface area contributed by atoms with Crippen LogP contribution < -0.4 is 4.72 Å². The Morgan fingerprint density at radius 2 is 2.45 bits per heavy atom. The molecule has 0 aliphatic carbocycles. The van der Waals surface area contributed by atoms with Crippen LogP contribution in [0.1, 0.15) is 24.8 Å². The smallest absolute Gasteiger partial charge is 0.215 e. The van der Waals surface area contributed by atoms with E-state index in [4.69, 9.17) is 16.5 Å². The minimum absolute atomic E-state index is 0.0640. The van der Waals surface area contributed by atoms with E-state index in [0.717, 1.165) is 34.3 Å². The standard InChI is InChI=1S/C14H21N3O2S/c1-15-20(18,19)10-11-4-5-14-13(8-11)12(9-16-14)6-7-17(2)3/h4-5,8-9,15-16H,6-7,10H2,1-3H3/i1D3,2D3,6D2,10D2/hD2. The van der Waals surface area contributed by atoms with Gasteiger partial charge in [0.2, 0.25) is 10.0 Å². The van der Waals surface area contributed by atoms with Gasteiger partial charge in [0.15, 0.2) is 1.41 Å². The third kappa shape index (κ3) is 3.59. The highest BCUT2D eigenvalue weighted by Gasteiger charge is 2.11. The summed E-state index contributed by atoms with van der Waals surface area (Å²) >= 11 is 0. The van der Waals surface area contributed by atoms with E-state index in [1.807, 2.05) is 0 Å². The van der Waals surface area contributed by atoms with E-state index in [9.17, 15) is 8.42 Å². The molecular formula is C14H21N3O2S. The average molecular weight is 307 g/mol. The molecule has 0 aliphatic heterocycles. The Morgan fingerprint density at radius 3 is 3.20 bits per heavy atom. The van der Waals surface area contributed by atoms with Crippen LogP contribution in [0.15, 0.2) is 24.4 Å². The molecule has 2 N–H and O–H groups in total. The zero-order valence-electron chi connectivity index (χ0n) is 22.6. The molecule has 1 aromatic heterocycles. The maximum absolute atomic E-state index is 12.5. The van der Waals surface area contributed by atoms with Crippen LogP contribution in [0.4, 0.5) is 0 Å². The molecule has 5 nitrogen and oxygen atoms in total. The van der Waals surface area contributed by atoms with Crippen molar-refractivity contribution in [3.8, 4) is 0 Å². The molecule has 0 fully saturated rings. The van der Waals surface area contributed by atoms with Crippen LogP contribution in [0.25, 0.3) is 10.9 Å². The molecule has 0 amide bonds. The zero-order valence-corrected chi connectivity index (χ0v) is 11.4. The quantitative estimate of drug-likeness (QED) is 0.846. The second kappa shape index (κ2) is 5.95. The van der Waals surface area contributed by atoms with Gasteiger partial charge in [-0.2, -0.15) is 0 Å². The van der Waals surface area contributed by atoms with Gasteiger partial charge in [-0.25, -0.2) is 13.1 Å². The second-order valence-corrected chi connectivity index (χ2v) is 5.44. The van der Waals surface area contributed by atoms with Gasteiger partial charge < -0.3 is 9.88 Å². The fraction of sp³-hybridized carbons (Fsp3) is 0.429. The Bertz CT molecular complexity index is 1110. The van der Waals surface area contributed by atoms with Crippen molar-refractivity contribution in [3.63, 3.8) is 0 Å². The molecule has 0 atom stereocenters. The Kier molecular flexibility index (Phi) is 1.72. The predicted octanol–water partition coefficient (Wildman–Crippen LogP) is 1.32. The summed E-state index contributed by atoms with van der Waals surface area (Å²) in [4.78, 5) is 1.55. The number of sulfonamides is 1. The summed E-state index contributed by atoms with van der Waals surface area (Å²) in [6.45, 7) is -6.67. The van der Waals surface area contributed by atoms with Gasteiger partial charge in [0.1, 0.15) is 1.41 Å². The SMILES string of the molecule is [2H]N(C([2H])([2H])[2H])S(=O)(=O)C([2H])([2H])c1ccc2c(c1)c(C([2H])([2H])CN(C)C([2H])([2H])[2H])cn2[2H]. The molecule has 2 aromatic rings. The van der Waals surface area contributed by atoms with Gasteiger partial charge in [-0.15, -0.1) is 0 Å². The van der Waals surface area contributed by atoms with E-state index in [1.165, 1.54) is 7.05 Å². The summed E-state index contributed by atoms with van der Waals surface area (Å²) in [5.41, 5.74) is -4.07. The van der Waals surface area contributed by atoms with Gasteiger partial charge in [-0.3, -0.25) is 0 Å². The van der Waals surface area contributed by atoms with Crippen molar-refractivity contribution in [2.45, 2.75) is 12.1 Å². The molecule has 0 radical (unpaired) electrons. The lowest BCUT2D eigenvalue weighted by atomic mass is 10.1. The summed E-state index contributed by atoms with van der Waals surface area (Å²) in [7, 11) is -4.18. The fourth-order valence-corrected chi connectivity index (χ4v) is 2.12. The highest BCUT2D eigenvalue weighted by Crippen LogP contribution is 2.21. The molecule has 2 rings (SSSR count).